The molecule has 0 spiro atoms. The number of benzene rings is 1. The fourth-order valence-electron chi connectivity index (χ4n) is 2.39. The Morgan fingerprint density at radius 2 is 2.19 bits per heavy atom. The Morgan fingerprint density at radius 3 is 2.81 bits per heavy atom. The zero-order chi connectivity index (χ0) is 15.6. The fourth-order valence-corrected chi connectivity index (χ4v) is 3.28. The normalized spacial score (nSPS) is 12.0. The SMILES string of the molecule is COCC(C)(C)n1c(SCC(=O)O)nc2ccc(C)cc21. The smallest absolute Gasteiger partial charge is 0.313 e. The molecule has 0 atom stereocenters. The molecule has 0 amide bonds. The molecule has 0 saturated carbocycles. The van der Waals surface area contributed by atoms with Crippen molar-refractivity contribution >= 4 is 28.8 Å². The van der Waals surface area contributed by atoms with Gasteiger partial charge in [-0.15, -0.1) is 0 Å². The van der Waals surface area contributed by atoms with Crippen molar-refractivity contribution in [2.75, 3.05) is 19.5 Å². The van der Waals surface area contributed by atoms with Gasteiger partial charge in [-0.05, 0) is 38.5 Å². The summed E-state index contributed by atoms with van der Waals surface area (Å²) in [7, 11) is 1.66. The summed E-state index contributed by atoms with van der Waals surface area (Å²) in [5.74, 6) is -0.856. The van der Waals surface area contributed by atoms with Gasteiger partial charge in [0.05, 0.1) is 28.9 Å². The van der Waals surface area contributed by atoms with E-state index in [1.54, 1.807) is 7.11 Å². The van der Waals surface area contributed by atoms with E-state index >= 15 is 0 Å². The Kier molecular flexibility index (Phi) is 4.58. The van der Waals surface area contributed by atoms with Gasteiger partial charge in [-0.3, -0.25) is 4.79 Å². The average molecular weight is 308 g/mol. The molecule has 2 aromatic rings. The van der Waals surface area contributed by atoms with Gasteiger partial charge in [0.1, 0.15) is 0 Å². The number of carboxylic acids is 1. The van der Waals surface area contributed by atoms with Crippen molar-refractivity contribution in [3.8, 4) is 0 Å². The van der Waals surface area contributed by atoms with E-state index in [2.05, 4.69) is 29.5 Å². The highest BCUT2D eigenvalue weighted by atomic mass is 32.2. The minimum atomic E-state index is -0.848. The fraction of sp³-hybridized carbons (Fsp3) is 0.467. The second-order valence-corrected chi connectivity index (χ2v) is 6.59. The van der Waals surface area contributed by atoms with Crippen LogP contribution in [0.5, 0.6) is 0 Å². The van der Waals surface area contributed by atoms with Crippen LogP contribution in [-0.4, -0.2) is 40.1 Å². The molecule has 0 aliphatic heterocycles. The molecule has 5 nitrogen and oxygen atoms in total. The maximum atomic E-state index is 10.8. The molecule has 0 unspecified atom stereocenters. The Labute approximate surface area is 128 Å². The quantitative estimate of drug-likeness (QED) is 0.831. The number of carboxylic acid groups (broad SMARTS) is 1. The van der Waals surface area contributed by atoms with Crippen LogP contribution in [0.3, 0.4) is 0 Å². The number of imidazole rings is 1. The third kappa shape index (κ3) is 3.39. The van der Waals surface area contributed by atoms with Crippen LogP contribution < -0.4 is 0 Å². The van der Waals surface area contributed by atoms with Gasteiger partial charge in [0, 0.05) is 7.11 Å². The van der Waals surface area contributed by atoms with Crippen molar-refractivity contribution in [2.24, 2.45) is 0 Å². The van der Waals surface area contributed by atoms with Crippen LogP contribution in [0.25, 0.3) is 11.0 Å². The monoisotopic (exact) mass is 308 g/mol. The van der Waals surface area contributed by atoms with Gasteiger partial charge >= 0.3 is 5.97 Å². The number of methoxy groups -OCH3 is 1. The first-order valence-electron chi connectivity index (χ1n) is 6.68. The van der Waals surface area contributed by atoms with Crippen LogP contribution in [0.15, 0.2) is 23.4 Å². The van der Waals surface area contributed by atoms with Gasteiger partial charge in [0.25, 0.3) is 0 Å². The van der Waals surface area contributed by atoms with E-state index in [0.29, 0.717) is 11.8 Å². The Bertz CT molecular complexity index is 664. The molecule has 0 aliphatic rings. The van der Waals surface area contributed by atoms with Gasteiger partial charge in [-0.1, -0.05) is 17.8 Å². The number of fused-ring (bicyclic) bond motifs is 1. The molecular formula is C15H20N2O3S. The maximum Gasteiger partial charge on any atom is 0.313 e. The molecule has 0 fully saturated rings. The summed E-state index contributed by atoms with van der Waals surface area (Å²) < 4.78 is 7.39. The first-order valence-corrected chi connectivity index (χ1v) is 7.67. The molecular weight excluding hydrogens is 288 g/mol. The highest BCUT2D eigenvalue weighted by molar-refractivity contribution is 7.99. The summed E-state index contributed by atoms with van der Waals surface area (Å²) in [6.45, 7) is 6.67. The lowest BCUT2D eigenvalue weighted by Gasteiger charge is -2.28. The summed E-state index contributed by atoms with van der Waals surface area (Å²) in [5.41, 5.74) is 2.72. The predicted octanol–water partition coefficient (Wildman–Crippen LogP) is 2.90. The minimum Gasteiger partial charge on any atom is -0.481 e. The number of aromatic nitrogens is 2. The first kappa shape index (κ1) is 15.9. The molecule has 0 radical (unpaired) electrons. The lowest BCUT2D eigenvalue weighted by molar-refractivity contribution is -0.133. The first-order chi connectivity index (χ1) is 9.85. The molecule has 2 rings (SSSR count). The van der Waals surface area contributed by atoms with Gasteiger partial charge in [0.15, 0.2) is 5.16 Å². The number of rotatable bonds is 6. The third-order valence-electron chi connectivity index (χ3n) is 3.21. The molecule has 1 aromatic carbocycles. The Hall–Kier alpha value is -1.53. The maximum absolute atomic E-state index is 10.8. The number of nitrogens with zero attached hydrogens (tertiary/aromatic N) is 2. The molecule has 6 heteroatoms. The number of aliphatic carboxylic acids is 1. The molecule has 0 aliphatic carbocycles. The van der Waals surface area contributed by atoms with E-state index < -0.39 is 5.97 Å². The van der Waals surface area contributed by atoms with Gasteiger partial charge in [-0.25, -0.2) is 4.98 Å². The van der Waals surface area contributed by atoms with Crippen LogP contribution in [0, 0.1) is 6.92 Å². The number of hydrogen-bond acceptors (Lipinski definition) is 4. The van der Waals surface area contributed by atoms with E-state index in [0.717, 1.165) is 16.6 Å². The molecule has 0 saturated heterocycles. The number of carbonyl (C=O) groups is 1. The largest absolute Gasteiger partial charge is 0.481 e. The lowest BCUT2D eigenvalue weighted by Crippen LogP contribution is -2.32. The van der Waals surface area contributed by atoms with Crippen LogP contribution in [0.4, 0.5) is 0 Å². The van der Waals surface area contributed by atoms with E-state index in [1.807, 2.05) is 19.1 Å². The molecule has 1 heterocycles. The molecule has 21 heavy (non-hydrogen) atoms. The molecule has 0 bridgehead atoms. The summed E-state index contributed by atoms with van der Waals surface area (Å²) in [6, 6.07) is 6.05. The topological polar surface area (TPSA) is 64.3 Å². The summed E-state index contributed by atoms with van der Waals surface area (Å²) in [5, 5.41) is 9.62. The van der Waals surface area contributed by atoms with Gasteiger partial charge < -0.3 is 14.4 Å². The predicted molar refractivity (Wildman–Crippen MR) is 84.0 cm³/mol. The second-order valence-electron chi connectivity index (χ2n) is 5.65. The highest BCUT2D eigenvalue weighted by Crippen LogP contribution is 2.31. The van der Waals surface area contributed by atoms with E-state index in [4.69, 9.17) is 9.84 Å². The zero-order valence-corrected chi connectivity index (χ0v) is 13.5. The second kappa shape index (κ2) is 6.07. The summed E-state index contributed by atoms with van der Waals surface area (Å²) in [4.78, 5) is 15.4. The Balaban J connectivity index is 2.58. The third-order valence-corrected chi connectivity index (χ3v) is 4.13. The van der Waals surface area contributed by atoms with Crippen molar-refractivity contribution in [1.29, 1.82) is 0 Å². The van der Waals surface area contributed by atoms with Crippen molar-refractivity contribution in [1.82, 2.24) is 9.55 Å². The average Bonchev–Trinajstić information content (AvgIpc) is 2.74. The van der Waals surface area contributed by atoms with E-state index in [1.165, 1.54) is 11.8 Å². The zero-order valence-electron chi connectivity index (χ0n) is 12.7. The summed E-state index contributed by atoms with van der Waals surface area (Å²) in [6.07, 6.45) is 0. The summed E-state index contributed by atoms with van der Waals surface area (Å²) >= 11 is 1.24. The van der Waals surface area contributed by atoms with Crippen molar-refractivity contribution in [3.05, 3.63) is 23.8 Å². The van der Waals surface area contributed by atoms with Crippen LogP contribution in [-0.2, 0) is 15.1 Å². The van der Waals surface area contributed by atoms with Crippen LogP contribution >= 0.6 is 11.8 Å². The number of hydrogen-bond donors (Lipinski definition) is 1. The van der Waals surface area contributed by atoms with Crippen molar-refractivity contribution < 1.29 is 14.6 Å². The van der Waals surface area contributed by atoms with Crippen LogP contribution in [0.2, 0.25) is 0 Å². The molecule has 1 N–H and O–H groups in total. The van der Waals surface area contributed by atoms with Gasteiger partial charge in [0.2, 0.25) is 0 Å². The molecule has 1 aromatic heterocycles. The van der Waals surface area contributed by atoms with Gasteiger partial charge in [-0.2, -0.15) is 0 Å². The number of thioether (sulfide) groups is 1. The van der Waals surface area contributed by atoms with Crippen molar-refractivity contribution in [3.63, 3.8) is 0 Å². The van der Waals surface area contributed by atoms with Crippen LogP contribution in [0.1, 0.15) is 19.4 Å². The minimum absolute atomic E-state index is 0.00857. The number of ether oxygens (including phenoxy) is 1. The number of aryl methyl sites for hydroxylation is 1. The highest BCUT2D eigenvalue weighted by Gasteiger charge is 2.26. The van der Waals surface area contributed by atoms with E-state index in [9.17, 15) is 4.79 Å². The lowest BCUT2D eigenvalue weighted by atomic mass is 10.1. The van der Waals surface area contributed by atoms with E-state index in [-0.39, 0.29) is 11.3 Å². The standard InChI is InChI=1S/C15H20N2O3S/c1-10-5-6-11-12(7-10)17(15(2,3)9-20-4)14(16-11)21-8-13(18)19/h5-7H,8-9H2,1-4H3,(H,18,19). The van der Waals surface area contributed by atoms with Crippen molar-refractivity contribution in [2.45, 2.75) is 31.5 Å². The molecule has 114 valence electrons. The Morgan fingerprint density at radius 1 is 1.48 bits per heavy atom.